The highest BCUT2D eigenvalue weighted by atomic mass is 35.5. The topological polar surface area (TPSA) is 75.4 Å². The molecule has 3 rings (SSSR count). The predicted molar refractivity (Wildman–Crippen MR) is 80.1 cm³/mol. The van der Waals surface area contributed by atoms with Crippen molar-refractivity contribution in [2.45, 2.75) is 25.9 Å². The van der Waals surface area contributed by atoms with E-state index in [1.54, 1.807) is 38.1 Å². The van der Waals surface area contributed by atoms with Crippen molar-refractivity contribution in [2.24, 2.45) is 0 Å². The fourth-order valence-corrected chi connectivity index (χ4v) is 2.35. The highest BCUT2D eigenvalue weighted by Gasteiger charge is 2.44. The van der Waals surface area contributed by atoms with Crippen LogP contribution in [0.4, 0.5) is 4.79 Å². The van der Waals surface area contributed by atoms with Crippen LogP contribution in [-0.4, -0.2) is 27.4 Å². The van der Waals surface area contributed by atoms with Gasteiger partial charge in [-0.3, -0.25) is 9.69 Å². The number of nitrogens with zero attached hydrogens (tertiary/aromatic N) is 2. The number of hydrogen-bond donors (Lipinski definition) is 1. The summed E-state index contributed by atoms with van der Waals surface area (Å²) in [6, 6.07) is 6.62. The van der Waals surface area contributed by atoms with Gasteiger partial charge in [0.15, 0.2) is 0 Å². The minimum Gasteiger partial charge on any atom is -0.444 e. The van der Waals surface area contributed by atoms with Gasteiger partial charge in [0.1, 0.15) is 11.8 Å². The Morgan fingerprint density at radius 3 is 2.55 bits per heavy atom. The Labute approximate surface area is 132 Å². The summed E-state index contributed by atoms with van der Waals surface area (Å²) in [7, 11) is 0. The van der Waals surface area contributed by atoms with E-state index in [1.807, 2.05) is 0 Å². The molecule has 22 heavy (non-hydrogen) atoms. The first kappa shape index (κ1) is 14.6. The van der Waals surface area contributed by atoms with Crippen molar-refractivity contribution in [1.82, 2.24) is 15.2 Å². The van der Waals surface area contributed by atoms with Gasteiger partial charge in [0.25, 0.3) is 5.91 Å². The number of amides is 3. The number of carbonyl (C=O) groups excluding carboxylic acids is 2. The zero-order valence-electron chi connectivity index (χ0n) is 12.1. The van der Waals surface area contributed by atoms with E-state index < -0.39 is 11.6 Å². The van der Waals surface area contributed by atoms with E-state index in [-0.39, 0.29) is 12.5 Å². The van der Waals surface area contributed by atoms with Gasteiger partial charge < -0.3 is 9.73 Å². The van der Waals surface area contributed by atoms with Gasteiger partial charge in [-0.25, -0.2) is 9.78 Å². The van der Waals surface area contributed by atoms with Gasteiger partial charge in [-0.1, -0.05) is 11.6 Å². The third-order valence-electron chi connectivity index (χ3n) is 3.41. The molecule has 0 radical (unpaired) electrons. The number of rotatable bonds is 3. The van der Waals surface area contributed by atoms with E-state index in [9.17, 15) is 9.59 Å². The molecule has 1 aliphatic heterocycles. The van der Waals surface area contributed by atoms with Crippen LogP contribution in [0.15, 0.2) is 34.9 Å². The lowest BCUT2D eigenvalue weighted by atomic mass is 10.1. The molecule has 1 saturated heterocycles. The molecule has 0 unspecified atom stereocenters. The van der Waals surface area contributed by atoms with Crippen molar-refractivity contribution >= 4 is 23.5 Å². The summed E-state index contributed by atoms with van der Waals surface area (Å²) >= 11 is 5.84. The molecule has 6 nitrogen and oxygen atoms in total. The van der Waals surface area contributed by atoms with Crippen molar-refractivity contribution in [1.29, 1.82) is 0 Å². The zero-order valence-corrected chi connectivity index (χ0v) is 12.8. The summed E-state index contributed by atoms with van der Waals surface area (Å²) < 4.78 is 5.40. The molecule has 2 aromatic rings. The predicted octanol–water partition coefficient (Wildman–Crippen LogP) is 2.83. The normalized spacial score (nSPS) is 17.0. The summed E-state index contributed by atoms with van der Waals surface area (Å²) in [5.74, 6) is 0.131. The summed E-state index contributed by atoms with van der Waals surface area (Å²) in [6.07, 6.45) is 1.44. The highest BCUT2D eigenvalue weighted by molar-refractivity contribution is 6.30. The lowest BCUT2D eigenvalue weighted by Crippen LogP contribution is -2.40. The molecule has 3 amide bonds. The van der Waals surface area contributed by atoms with E-state index in [4.69, 9.17) is 16.0 Å². The second-order valence-corrected chi connectivity index (χ2v) is 6.03. The first-order chi connectivity index (χ1) is 10.4. The second-order valence-electron chi connectivity index (χ2n) is 5.60. The Balaban J connectivity index is 1.79. The first-order valence-corrected chi connectivity index (χ1v) is 7.09. The maximum atomic E-state index is 12.1. The number of halogens is 1. The Morgan fingerprint density at radius 1 is 1.27 bits per heavy atom. The van der Waals surface area contributed by atoms with Crippen molar-refractivity contribution < 1.29 is 14.0 Å². The zero-order chi connectivity index (χ0) is 15.9. The van der Waals surface area contributed by atoms with Crippen LogP contribution in [0.1, 0.15) is 19.5 Å². The van der Waals surface area contributed by atoms with Crippen LogP contribution in [0, 0.1) is 0 Å². The van der Waals surface area contributed by atoms with Gasteiger partial charge in [0.2, 0.25) is 5.89 Å². The third kappa shape index (κ3) is 2.57. The molecular formula is C15H14ClN3O3. The molecule has 7 heteroatoms. The van der Waals surface area contributed by atoms with E-state index in [0.29, 0.717) is 16.6 Å². The minimum atomic E-state index is -0.889. The molecule has 114 valence electrons. The molecule has 1 aromatic heterocycles. The summed E-state index contributed by atoms with van der Waals surface area (Å²) in [5.41, 5.74) is 0.388. The minimum absolute atomic E-state index is 0.0746. The molecule has 0 aliphatic carbocycles. The lowest BCUT2D eigenvalue weighted by molar-refractivity contribution is -0.130. The van der Waals surface area contributed by atoms with E-state index >= 15 is 0 Å². The van der Waals surface area contributed by atoms with Gasteiger partial charge in [0.05, 0.1) is 12.2 Å². The number of oxazole rings is 1. The standard InChI is InChI=1S/C15H14ClN3O3/c1-15(2)13(20)19(14(21)18-15)7-11-8-22-12(17-11)9-3-5-10(16)6-4-9/h3-6,8H,7H2,1-2H3,(H,18,21). The van der Waals surface area contributed by atoms with Crippen molar-refractivity contribution in [3.63, 3.8) is 0 Å². The van der Waals surface area contributed by atoms with Gasteiger partial charge in [0, 0.05) is 10.6 Å². The van der Waals surface area contributed by atoms with Crippen molar-refractivity contribution in [3.8, 4) is 11.5 Å². The number of aromatic nitrogens is 1. The summed E-state index contributed by atoms with van der Waals surface area (Å²) in [4.78, 5) is 29.4. The Morgan fingerprint density at radius 2 is 1.95 bits per heavy atom. The number of urea groups is 1. The maximum Gasteiger partial charge on any atom is 0.325 e. The van der Waals surface area contributed by atoms with Gasteiger partial charge in [-0.05, 0) is 38.1 Å². The molecule has 0 atom stereocenters. The van der Waals surface area contributed by atoms with Crippen LogP contribution >= 0.6 is 11.6 Å². The molecular weight excluding hydrogens is 306 g/mol. The van der Waals surface area contributed by atoms with Crippen LogP contribution < -0.4 is 5.32 Å². The van der Waals surface area contributed by atoms with E-state index in [1.165, 1.54) is 6.26 Å². The SMILES string of the molecule is CC1(C)NC(=O)N(Cc2coc(-c3ccc(Cl)cc3)n2)C1=O. The number of carbonyl (C=O) groups is 2. The number of imide groups is 1. The van der Waals surface area contributed by atoms with E-state index in [2.05, 4.69) is 10.3 Å². The van der Waals surface area contributed by atoms with E-state index in [0.717, 1.165) is 10.5 Å². The molecule has 1 aliphatic rings. The largest absolute Gasteiger partial charge is 0.444 e. The molecule has 1 fully saturated rings. The number of benzene rings is 1. The Kier molecular flexibility index (Phi) is 3.41. The summed E-state index contributed by atoms with van der Waals surface area (Å²) in [6.45, 7) is 3.40. The Hall–Kier alpha value is -2.34. The molecule has 2 heterocycles. The van der Waals surface area contributed by atoms with Gasteiger partial charge in [-0.2, -0.15) is 0 Å². The molecule has 0 bridgehead atoms. The first-order valence-electron chi connectivity index (χ1n) is 6.71. The highest BCUT2D eigenvalue weighted by Crippen LogP contribution is 2.23. The van der Waals surface area contributed by atoms with Crippen LogP contribution in [0.3, 0.4) is 0 Å². The molecule has 1 aromatic carbocycles. The average molecular weight is 320 g/mol. The van der Waals surface area contributed by atoms with Gasteiger partial charge in [-0.15, -0.1) is 0 Å². The Bertz CT molecular complexity index is 737. The molecule has 1 N–H and O–H groups in total. The van der Waals surface area contributed by atoms with Crippen LogP contribution in [-0.2, 0) is 11.3 Å². The molecule has 0 spiro atoms. The average Bonchev–Trinajstić information content (AvgIpc) is 2.99. The van der Waals surface area contributed by atoms with Crippen LogP contribution in [0.2, 0.25) is 5.02 Å². The third-order valence-corrected chi connectivity index (χ3v) is 3.66. The van der Waals surface area contributed by atoms with Crippen molar-refractivity contribution in [2.75, 3.05) is 0 Å². The number of nitrogens with one attached hydrogen (secondary N) is 1. The van der Waals surface area contributed by atoms with Crippen LogP contribution in [0.5, 0.6) is 0 Å². The smallest absolute Gasteiger partial charge is 0.325 e. The second kappa shape index (κ2) is 5.14. The lowest BCUT2D eigenvalue weighted by Gasteiger charge is -2.14. The van der Waals surface area contributed by atoms with Crippen LogP contribution in [0.25, 0.3) is 11.5 Å². The summed E-state index contributed by atoms with van der Waals surface area (Å²) in [5, 5.41) is 3.24. The molecule has 0 saturated carbocycles. The monoisotopic (exact) mass is 319 g/mol. The fourth-order valence-electron chi connectivity index (χ4n) is 2.23. The number of hydrogen-bond acceptors (Lipinski definition) is 4. The maximum absolute atomic E-state index is 12.1. The van der Waals surface area contributed by atoms with Gasteiger partial charge >= 0.3 is 6.03 Å². The fraction of sp³-hybridized carbons (Fsp3) is 0.267. The van der Waals surface area contributed by atoms with Crippen molar-refractivity contribution in [3.05, 3.63) is 41.2 Å². The quantitative estimate of drug-likeness (QED) is 0.883.